The zero-order chi connectivity index (χ0) is 19.9. The molecule has 28 heavy (non-hydrogen) atoms. The quantitative estimate of drug-likeness (QED) is 0.403. The first-order valence-electron chi connectivity index (χ1n) is 8.65. The van der Waals surface area contributed by atoms with Gasteiger partial charge in [0.05, 0.1) is 19.0 Å². The van der Waals surface area contributed by atoms with Gasteiger partial charge in [0.1, 0.15) is 24.1 Å². The monoisotopic (exact) mass is 451 g/mol. The van der Waals surface area contributed by atoms with Crippen LogP contribution in [0.1, 0.15) is 6.23 Å². The minimum atomic E-state index is -3.42. The summed E-state index contributed by atoms with van der Waals surface area (Å²) >= 11 is 11.7. The number of aromatic nitrogens is 4. The number of nitrogens with two attached hydrogens (primary N) is 1. The molecule has 0 saturated carbocycles. The third kappa shape index (κ3) is 3.29. The van der Waals surface area contributed by atoms with Crippen LogP contribution in [0.4, 0.5) is 5.82 Å². The number of hydrogen-bond donors (Lipinski definition) is 3. The average molecular weight is 452 g/mol. The Labute approximate surface area is 170 Å². The van der Waals surface area contributed by atoms with Crippen molar-refractivity contribution in [2.24, 2.45) is 0 Å². The molecule has 5 atom stereocenters. The first-order valence-corrected chi connectivity index (χ1v) is 11.3. The van der Waals surface area contributed by atoms with Crippen molar-refractivity contribution in [2.75, 3.05) is 37.2 Å². The number of alkyl halides is 2. The molecule has 154 valence electrons. The molecule has 2 aromatic heterocycles. The second-order valence-electron chi connectivity index (χ2n) is 6.41. The average Bonchev–Trinajstić information content (AvgIpc) is 3.34. The van der Waals surface area contributed by atoms with Crippen LogP contribution < -0.4 is 10.8 Å². The number of nitrogen functional groups attached to an aromatic ring is 1. The topological polar surface area (TPSA) is 141 Å². The van der Waals surface area contributed by atoms with E-state index in [1.54, 1.807) is 9.24 Å². The van der Waals surface area contributed by atoms with E-state index in [0.717, 1.165) is 0 Å². The summed E-state index contributed by atoms with van der Waals surface area (Å²) in [6.45, 7) is 0.402. The number of rotatable bonds is 7. The van der Waals surface area contributed by atoms with Crippen molar-refractivity contribution in [3.8, 4) is 0 Å². The molecule has 0 spiro atoms. The van der Waals surface area contributed by atoms with E-state index in [4.69, 9.17) is 38.2 Å². The Bertz CT molecular complexity index is 896. The van der Waals surface area contributed by atoms with E-state index in [9.17, 15) is 9.67 Å². The molecule has 0 aromatic carbocycles. The summed E-state index contributed by atoms with van der Waals surface area (Å²) in [4.78, 5) is 12.4. The van der Waals surface area contributed by atoms with Gasteiger partial charge in [0.2, 0.25) is 0 Å². The number of ether oxygens (including phenoxy) is 1. The molecule has 0 amide bonds. The Morgan fingerprint density at radius 1 is 1.32 bits per heavy atom. The maximum absolute atomic E-state index is 13.5. The van der Waals surface area contributed by atoms with Gasteiger partial charge in [-0.25, -0.2) is 24.7 Å². The van der Waals surface area contributed by atoms with Crippen LogP contribution in [0.15, 0.2) is 12.7 Å². The smallest absolute Gasteiger partial charge is 0.344 e. The molecule has 4 heterocycles. The SMILES string of the molecule is Nc1ncnc2c1ncn2[C@@H]1O[C@H](CO)[C@H]2NP(=O)(N(CCCl)CCCl)O[C@H]21. The van der Waals surface area contributed by atoms with Crippen LogP contribution in [0.25, 0.3) is 11.2 Å². The molecule has 14 heteroatoms. The molecular weight excluding hydrogens is 432 g/mol. The number of anilines is 1. The van der Waals surface area contributed by atoms with E-state index in [1.807, 2.05) is 0 Å². The lowest BCUT2D eigenvalue weighted by Gasteiger charge is -2.28. The molecule has 1 unspecified atom stereocenters. The zero-order valence-electron chi connectivity index (χ0n) is 14.7. The molecule has 0 bridgehead atoms. The number of halogens is 2. The number of hydrogen-bond acceptors (Lipinski definition) is 8. The van der Waals surface area contributed by atoms with Crippen LogP contribution in [-0.4, -0.2) is 79.0 Å². The normalized spacial score (nSPS) is 32.4. The highest BCUT2D eigenvalue weighted by Crippen LogP contribution is 2.58. The van der Waals surface area contributed by atoms with E-state index in [-0.39, 0.29) is 24.2 Å². The lowest BCUT2D eigenvalue weighted by Crippen LogP contribution is -2.39. The molecule has 4 rings (SSSR count). The van der Waals surface area contributed by atoms with Crippen LogP contribution in [0.2, 0.25) is 0 Å². The minimum Gasteiger partial charge on any atom is -0.394 e. The minimum absolute atomic E-state index is 0.239. The lowest BCUT2D eigenvalue weighted by molar-refractivity contribution is -0.0474. The maximum Gasteiger partial charge on any atom is 0.344 e. The van der Waals surface area contributed by atoms with Gasteiger partial charge < -0.3 is 15.6 Å². The van der Waals surface area contributed by atoms with Crippen molar-refractivity contribution in [2.45, 2.75) is 24.5 Å². The predicted molar refractivity (Wildman–Crippen MR) is 103 cm³/mol. The van der Waals surface area contributed by atoms with Crippen LogP contribution in [0.3, 0.4) is 0 Å². The second-order valence-corrected chi connectivity index (χ2v) is 9.24. The highest BCUT2D eigenvalue weighted by Gasteiger charge is 2.57. The summed E-state index contributed by atoms with van der Waals surface area (Å²) in [5, 5.41) is 12.8. The maximum atomic E-state index is 13.5. The summed E-state index contributed by atoms with van der Waals surface area (Å²) in [7, 11) is -3.42. The first kappa shape index (κ1) is 20.2. The van der Waals surface area contributed by atoms with Crippen LogP contribution in [0, 0.1) is 0 Å². The van der Waals surface area contributed by atoms with Crippen molar-refractivity contribution in [1.82, 2.24) is 29.3 Å². The zero-order valence-corrected chi connectivity index (χ0v) is 17.1. The van der Waals surface area contributed by atoms with E-state index in [1.165, 1.54) is 12.7 Å². The fraction of sp³-hybridized carbons (Fsp3) is 0.643. The number of nitrogens with one attached hydrogen (secondary N) is 1. The van der Waals surface area contributed by atoms with Gasteiger partial charge in [0, 0.05) is 24.8 Å². The second kappa shape index (κ2) is 8.00. The number of aliphatic hydroxyl groups excluding tert-OH is 1. The number of fused-ring (bicyclic) bond motifs is 2. The highest BCUT2D eigenvalue weighted by atomic mass is 35.5. The van der Waals surface area contributed by atoms with Gasteiger partial charge in [-0.05, 0) is 0 Å². The van der Waals surface area contributed by atoms with Crippen molar-refractivity contribution < 1.29 is 18.9 Å². The number of imidazole rings is 1. The van der Waals surface area contributed by atoms with E-state index >= 15 is 0 Å². The Kier molecular flexibility index (Phi) is 5.78. The third-order valence-electron chi connectivity index (χ3n) is 4.83. The molecular formula is C14H20Cl2N7O4P. The standard InChI is InChI=1S/C14H20Cl2N7O4P/c15-1-3-22(4-2-16)28(25)21-9-8(5-24)26-14(11(9)27-28)23-7-20-10-12(17)18-6-19-13(10)23/h6-9,11,14,24H,1-5H2,(H,21,25)(H2,17,18,19)/t8-,9-,11-,14-,28?/m1/s1. The summed E-state index contributed by atoms with van der Waals surface area (Å²) in [5.41, 5.74) is 6.73. The number of nitrogens with zero attached hydrogens (tertiary/aromatic N) is 5. The molecule has 2 aliphatic heterocycles. The summed E-state index contributed by atoms with van der Waals surface area (Å²) in [6, 6.07) is -0.495. The van der Waals surface area contributed by atoms with Crippen molar-refractivity contribution in [3.05, 3.63) is 12.7 Å². The molecule has 11 nitrogen and oxygen atoms in total. The van der Waals surface area contributed by atoms with E-state index in [2.05, 4.69) is 20.0 Å². The van der Waals surface area contributed by atoms with Gasteiger partial charge in [-0.3, -0.25) is 13.7 Å². The van der Waals surface area contributed by atoms with Gasteiger partial charge in [0.15, 0.2) is 17.7 Å². The highest BCUT2D eigenvalue weighted by molar-refractivity contribution is 7.54. The number of aliphatic hydroxyl groups is 1. The van der Waals surface area contributed by atoms with Gasteiger partial charge in [-0.2, -0.15) is 0 Å². The fourth-order valence-corrected chi connectivity index (χ4v) is 6.53. The Morgan fingerprint density at radius 3 is 2.75 bits per heavy atom. The van der Waals surface area contributed by atoms with Gasteiger partial charge in [-0.15, -0.1) is 23.2 Å². The lowest BCUT2D eigenvalue weighted by atomic mass is 10.1. The fourth-order valence-electron chi connectivity index (χ4n) is 3.54. The Balaban J connectivity index is 1.68. The molecule has 2 fully saturated rings. The van der Waals surface area contributed by atoms with Crippen molar-refractivity contribution in [3.63, 3.8) is 0 Å². The summed E-state index contributed by atoms with van der Waals surface area (Å²) in [5.74, 6) is 0.781. The van der Waals surface area contributed by atoms with Crippen LogP contribution in [-0.2, 0) is 13.8 Å². The molecule has 2 aromatic rings. The largest absolute Gasteiger partial charge is 0.394 e. The van der Waals surface area contributed by atoms with Gasteiger partial charge >= 0.3 is 7.67 Å². The Morgan fingerprint density at radius 2 is 2.07 bits per heavy atom. The van der Waals surface area contributed by atoms with E-state index < -0.39 is 32.1 Å². The van der Waals surface area contributed by atoms with Crippen molar-refractivity contribution in [1.29, 1.82) is 0 Å². The molecule has 4 N–H and O–H groups in total. The first-order chi connectivity index (χ1) is 13.5. The van der Waals surface area contributed by atoms with Crippen LogP contribution in [0.5, 0.6) is 0 Å². The Hall–Kier alpha value is -1.04. The molecule has 0 aliphatic carbocycles. The van der Waals surface area contributed by atoms with Crippen LogP contribution >= 0.6 is 30.9 Å². The summed E-state index contributed by atoms with van der Waals surface area (Å²) < 4.78 is 28.7. The van der Waals surface area contributed by atoms with Gasteiger partial charge in [-0.1, -0.05) is 0 Å². The predicted octanol–water partition coefficient (Wildman–Crippen LogP) is 0.543. The molecule has 2 aliphatic rings. The summed E-state index contributed by atoms with van der Waals surface area (Å²) in [6.07, 6.45) is 0.853. The van der Waals surface area contributed by atoms with Crippen molar-refractivity contribution >= 4 is 47.9 Å². The van der Waals surface area contributed by atoms with Gasteiger partial charge in [0.25, 0.3) is 0 Å². The molecule has 0 radical (unpaired) electrons. The van der Waals surface area contributed by atoms with E-state index in [0.29, 0.717) is 24.3 Å². The molecule has 2 saturated heterocycles. The third-order valence-corrected chi connectivity index (χ3v) is 7.46.